The number of aryl methyl sites for hydroxylation is 1. The topological polar surface area (TPSA) is 89.0 Å². The van der Waals surface area contributed by atoms with Crippen molar-refractivity contribution in [3.05, 3.63) is 52.5 Å². The highest BCUT2D eigenvalue weighted by Crippen LogP contribution is 2.25. The van der Waals surface area contributed by atoms with E-state index in [1.807, 2.05) is 6.92 Å². The van der Waals surface area contributed by atoms with Crippen molar-refractivity contribution in [3.63, 3.8) is 0 Å². The first-order valence-electron chi connectivity index (χ1n) is 8.95. The van der Waals surface area contributed by atoms with Gasteiger partial charge in [0.25, 0.3) is 0 Å². The molecule has 154 valence electrons. The molecule has 0 heterocycles. The number of carbonyl (C=O) groups is 2. The quantitative estimate of drug-likeness (QED) is 0.503. The smallest absolute Gasteiger partial charge is 0.240 e. The van der Waals surface area contributed by atoms with Crippen LogP contribution in [0.1, 0.15) is 30.9 Å². The zero-order valence-electron chi connectivity index (χ0n) is 16.8. The van der Waals surface area contributed by atoms with E-state index in [0.717, 1.165) is 11.1 Å². The fourth-order valence-corrected chi connectivity index (χ4v) is 2.79. The summed E-state index contributed by atoms with van der Waals surface area (Å²) in [6.45, 7) is 3.60. The number of hydrazone groups is 1. The van der Waals surface area contributed by atoms with E-state index in [0.29, 0.717) is 27.9 Å². The Morgan fingerprint density at radius 3 is 2.41 bits per heavy atom. The highest BCUT2D eigenvalue weighted by molar-refractivity contribution is 6.30. The lowest BCUT2D eigenvalue weighted by Gasteiger charge is -2.10. The molecule has 2 N–H and O–H groups in total. The third-order valence-corrected chi connectivity index (χ3v) is 4.42. The van der Waals surface area contributed by atoms with E-state index in [1.165, 1.54) is 0 Å². The van der Waals surface area contributed by atoms with Crippen molar-refractivity contribution in [1.82, 2.24) is 5.43 Å². The van der Waals surface area contributed by atoms with Gasteiger partial charge in [-0.1, -0.05) is 11.6 Å². The van der Waals surface area contributed by atoms with Crippen LogP contribution >= 0.6 is 11.6 Å². The van der Waals surface area contributed by atoms with Crippen molar-refractivity contribution in [3.8, 4) is 11.5 Å². The second-order valence-electron chi connectivity index (χ2n) is 6.31. The van der Waals surface area contributed by atoms with Crippen LogP contribution in [0.3, 0.4) is 0 Å². The molecule has 0 aliphatic rings. The van der Waals surface area contributed by atoms with Crippen molar-refractivity contribution < 1.29 is 19.1 Å². The lowest BCUT2D eigenvalue weighted by atomic mass is 10.1. The Balaban J connectivity index is 1.89. The van der Waals surface area contributed by atoms with Crippen LogP contribution in [-0.4, -0.2) is 31.7 Å². The number of methoxy groups -OCH3 is 2. The molecule has 2 amide bonds. The number of amides is 2. The van der Waals surface area contributed by atoms with Gasteiger partial charge in [0.1, 0.15) is 11.5 Å². The monoisotopic (exact) mass is 417 g/mol. The molecule has 2 aromatic carbocycles. The Hall–Kier alpha value is -3.06. The van der Waals surface area contributed by atoms with Gasteiger partial charge in [0.2, 0.25) is 11.8 Å². The number of hydrogen-bond acceptors (Lipinski definition) is 5. The lowest BCUT2D eigenvalue weighted by Crippen LogP contribution is -2.22. The molecule has 0 aliphatic heterocycles. The second kappa shape index (κ2) is 10.5. The van der Waals surface area contributed by atoms with Gasteiger partial charge in [-0.2, -0.15) is 5.10 Å². The first-order chi connectivity index (χ1) is 13.8. The van der Waals surface area contributed by atoms with E-state index in [-0.39, 0.29) is 24.7 Å². The van der Waals surface area contributed by atoms with Gasteiger partial charge in [0.15, 0.2) is 0 Å². The van der Waals surface area contributed by atoms with Crippen molar-refractivity contribution in [1.29, 1.82) is 0 Å². The maximum absolute atomic E-state index is 12.1. The molecule has 7 nitrogen and oxygen atoms in total. The molecule has 0 saturated carbocycles. The highest BCUT2D eigenvalue weighted by atomic mass is 35.5. The molecule has 0 bridgehead atoms. The Morgan fingerprint density at radius 2 is 1.76 bits per heavy atom. The fourth-order valence-electron chi connectivity index (χ4n) is 2.57. The number of hydrogen-bond donors (Lipinski definition) is 2. The molecular weight excluding hydrogens is 394 g/mol. The predicted octanol–water partition coefficient (Wildman–Crippen LogP) is 3.92. The molecule has 0 atom stereocenters. The minimum atomic E-state index is -0.361. The SMILES string of the molecule is COc1ccc(/C(C)=N\NC(=O)CCC(=O)Nc2ccc(Cl)cc2C)c(OC)c1. The number of halogens is 1. The van der Waals surface area contributed by atoms with E-state index < -0.39 is 0 Å². The standard InChI is InChI=1S/C21H24ClN3O4/c1-13-11-15(22)5-8-18(13)23-20(26)9-10-21(27)25-24-14(2)17-7-6-16(28-3)12-19(17)29-4/h5-8,11-12H,9-10H2,1-4H3,(H,23,26)(H,25,27)/b24-14-. The molecule has 0 saturated heterocycles. The number of benzene rings is 2. The molecule has 0 fully saturated rings. The average Bonchev–Trinajstić information content (AvgIpc) is 2.71. The summed E-state index contributed by atoms with van der Waals surface area (Å²) in [6, 6.07) is 10.5. The van der Waals surface area contributed by atoms with Crippen molar-refractivity contribution in [2.24, 2.45) is 5.10 Å². The van der Waals surface area contributed by atoms with Crippen LogP contribution in [0, 0.1) is 6.92 Å². The normalized spacial score (nSPS) is 11.0. The number of ether oxygens (including phenoxy) is 2. The van der Waals surface area contributed by atoms with Gasteiger partial charge in [-0.25, -0.2) is 5.43 Å². The Kier molecular flexibility index (Phi) is 8.03. The predicted molar refractivity (Wildman–Crippen MR) is 114 cm³/mol. The Bertz CT molecular complexity index is 928. The van der Waals surface area contributed by atoms with Gasteiger partial charge in [0.05, 0.1) is 19.9 Å². The molecule has 0 aromatic heterocycles. The summed E-state index contributed by atoms with van der Waals surface area (Å²) in [4.78, 5) is 24.1. The summed E-state index contributed by atoms with van der Waals surface area (Å²) in [5.41, 5.74) is 5.28. The Morgan fingerprint density at radius 1 is 1.03 bits per heavy atom. The minimum absolute atomic E-state index is 0.00893. The number of carbonyl (C=O) groups excluding carboxylic acids is 2. The van der Waals surface area contributed by atoms with Gasteiger partial charge in [-0.3, -0.25) is 9.59 Å². The summed E-state index contributed by atoms with van der Waals surface area (Å²) < 4.78 is 10.5. The van der Waals surface area contributed by atoms with Crippen LogP contribution in [0.5, 0.6) is 11.5 Å². The van der Waals surface area contributed by atoms with Crippen LogP contribution in [0.25, 0.3) is 0 Å². The maximum Gasteiger partial charge on any atom is 0.240 e. The van der Waals surface area contributed by atoms with Crippen LogP contribution in [0.4, 0.5) is 5.69 Å². The van der Waals surface area contributed by atoms with Crippen LogP contribution in [0.15, 0.2) is 41.5 Å². The van der Waals surface area contributed by atoms with Gasteiger partial charge < -0.3 is 14.8 Å². The van der Waals surface area contributed by atoms with E-state index in [1.54, 1.807) is 57.5 Å². The molecule has 2 rings (SSSR count). The number of anilines is 1. The van der Waals surface area contributed by atoms with Crippen LogP contribution in [0.2, 0.25) is 5.02 Å². The van der Waals surface area contributed by atoms with E-state index >= 15 is 0 Å². The summed E-state index contributed by atoms with van der Waals surface area (Å²) in [6.07, 6.45) is 0.0450. The van der Waals surface area contributed by atoms with E-state index in [2.05, 4.69) is 15.8 Å². The summed E-state index contributed by atoms with van der Waals surface area (Å²) in [5.74, 6) is 0.616. The summed E-state index contributed by atoms with van der Waals surface area (Å²) >= 11 is 5.90. The third-order valence-electron chi connectivity index (χ3n) is 4.19. The molecule has 2 aromatic rings. The van der Waals surface area contributed by atoms with Crippen LogP contribution < -0.4 is 20.2 Å². The van der Waals surface area contributed by atoms with Crippen LogP contribution in [-0.2, 0) is 9.59 Å². The fraction of sp³-hybridized carbons (Fsp3) is 0.286. The Labute approximate surface area is 175 Å². The van der Waals surface area contributed by atoms with Gasteiger partial charge >= 0.3 is 0 Å². The third kappa shape index (κ3) is 6.50. The van der Waals surface area contributed by atoms with E-state index in [4.69, 9.17) is 21.1 Å². The number of rotatable bonds is 8. The van der Waals surface area contributed by atoms with Gasteiger partial charge in [-0.15, -0.1) is 0 Å². The first-order valence-corrected chi connectivity index (χ1v) is 9.33. The number of nitrogens with zero attached hydrogens (tertiary/aromatic N) is 1. The molecular formula is C21H24ClN3O4. The minimum Gasteiger partial charge on any atom is -0.497 e. The molecule has 29 heavy (non-hydrogen) atoms. The molecule has 0 radical (unpaired) electrons. The molecule has 0 aliphatic carbocycles. The second-order valence-corrected chi connectivity index (χ2v) is 6.74. The average molecular weight is 418 g/mol. The van der Waals surface area contributed by atoms with Crippen molar-refractivity contribution in [2.45, 2.75) is 26.7 Å². The van der Waals surface area contributed by atoms with Crippen molar-refractivity contribution >= 4 is 34.8 Å². The molecule has 0 spiro atoms. The zero-order chi connectivity index (χ0) is 21.4. The molecule has 0 unspecified atom stereocenters. The van der Waals surface area contributed by atoms with Gasteiger partial charge in [0, 0.05) is 35.2 Å². The zero-order valence-corrected chi connectivity index (χ0v) is 17.6. The summed E-state index contributed by atoms with van der Waals surface area (Å²) in [7, 11) is 3.12. The maximum atomic E-state index is 12.1. The summed E-state index contributed by atoms with van der Waals surface area (Å²) in [5, 5.41) is 7.46. The lowest BCUT2D eigenvalue weighted by molar-refractivity contribution is -0.124. The molecule has 8 heteroatoms. The van der Waals surface area contributed by atoms with Gasteiger partial charge in [-0.05, 0) is 49.7 Å². The van der Waals surface area contributed by atoms with E-state index in [9.17, 15) is 9.59 Å². The highest BCUT2D eigenvalue weighted by Gasteiger charge is 2.11. The number of nitrogens with one attached hydrogen (secondary N) is 2. The largest absolute Gasteiger partial charge is 0.497 e. The van der Waals surface area contributed by atoms with Crippen molar-refractivity contribution in [2.75, 3.05) is 19.5 Å². The first kappa shape index (κ1) is 22.2.